The second-order valence-electron chi connectivity index (χ2n) is 1.22. The fourth-order valence-corrected chi connectivity index (χ4v) is 0.367. The maximum absolute atomic E-state index is 11.9. The van der Waals surface area contributed by atoms with Crippen molar-refractivity contribution in [2.75, 3.05) is 0 Å². The van der Waals surface area contributed by atoms with E-state index in [2.05, 4.69) is 6.07 Å². The summed E-state index contributed by atoms with van der Waals surface area (Å²) in [4.78, 5) is 0. The van der Waals surface area contributed by atoms with Crippen LogP contribution < -0.4 is 0 Å². The Balaban J connectivity index is 0. The van der Waals surface area contributed by atoms with E-state index in [0.29, 0.717) is 0 Å². The van der Waals surface area contributed by atoms with Gasteiger partial charge in [-0.3, -0.25) is 0 Å². The summed E-state index contributed by atoms with van der Waals surface area (Å²) in [6.07, 6.45) is 0. The Bertz CT molecular complexity index is 141. The number of halogens is 1. The summed E-state index contributed by atoms with van der Waals surface area (Å²) in [5.41, 5.74) is 0. The van der Waals surface area contributed by atoms with Crippen LogP contribution in [0.5, 0.6) is 0 Å². The third-order valence-electron chi connectivity index (χ3n) is 0.678. The van der Waals surface area contributed by atoms with Crippen LogP contribution in [-0.4, -0.2) is 0 Å². The van der Waals surface area contributed by atoms with E-state index in [-0.39, 0.29) is 38.8 Å². The molecule has 0 heterocycles. The van der Waals surface area contributed by atoms with Crippen molar-refractivity contribution in [3.63, 3.8) is 0 Å². The number of hydrogen-bond donors (Lipinski definition) is 0. The van der Waals surface area contributed by atoms with E-state index in [1.165, 1.54) is 24.3 Å². The fourth-order valence-electron chi connectivity index (χ4n) is 0.367. The minimum Gasteiger partial charge on any atom is -0.207 e. The van der Waals surface area contributed by atoms with Crippen LogP contribution >= 0.6 is 0 Å². The first kappa shape index (κ1) is 11.9. The van der Waals surface area contributed by atoms with Crippen molar-refractivity contribution in [3.05, 3.63) is 36.1 Å². The van der Waals surface area contributed by atoms with Gasteiger partial charge in [0, 0.05) is 33.0 Å². The van der Waals surface area contributed by atoms with Crippen molar-refractivity contribution >= 4 is 0 Å². The largest absolute Gasteiger partial charge is 0.207 e. The van der Waals surface area contributed by atoms with Gasteiger partial charge >= 0.3 is 0 Å². The first-order valence-electron chi connectivity index (χ1n) is 2.01. The second kappa shape index (κ2) is 6.26. The molecule has 1 aromatic carbocycles. The number of benzene rings is 1. The molecular weight excluding hydrogens is 208 g/mol. The predicted molar refractivity (Wildman–Crippen MR) is 25.2 cm³/mol. The van der Waals surface area contributed by atoms with Crippen LogP contribution in [0, 0.1) is 11.9 Å². The van der Waals surface area contributed by atoms with Gasteiger partial charge in [-0.15, -0.1) is 0 Å². The zero-order chi connectivity index (χ0) is 5.11. The van der Waals surface area contributed by atoms with E-state index in [4.69, 9.17) is 0 Å². The van der Waals surface area contributed by atoms with Gasteiger partial charge in [-0.2, -0.15) is 0 Å². The average Bonchev–Trinajstić information content (AvgIpc) is 1.69. The molecule has 0 saturated heterocycles. The third-order valence-corrected chi connectivity index (χ3v) is 0.678. The fraction of sp³-hybridized carbons (Fsp3) is 0. The summed E-state index contributed by atoms with van der Waals surface area (Å²) in [7, 11) is 0. The van der Waals surface area contributed by atoms with Crippen LogP contribution in [0.2, 0.25) is 0 Å². The summed E-state index contributed by atoms with van der Waals surface area (Å²) in [6.45, 7) is 0. The van der Waals surface area contributed by atoms with Crippen LogP contribution in [0.1, 0.15) is 0 Å². The van der Waals surface area contributed by atoms with Crippen molar-refractivity contribution in [1.82, 2.24) is 0 Å². The Kier molecular flexibility index (Phi) is 8.26. The normalized spacial score (nSPS) is 6.78. The van der Waals surface area contributed by atoms with Gasteiger partial charge in [0.05, 0.1) is 0 Å². The Labute approximate surface area is 73.7 Å². The SMILES string of the molecule is Fc1cc[c]cc1.[Ni].[Ni]. The molecule has 0 aromatic heterocycles. The Hall–Kier alpha value is 0.137. The average molecular weight is 212 g/mol. The van der Waals surface area contributed by atoms with Gasteiger partial charge in [0.25, 0.3) is 0 Å². The van der Waals surface area contributed by atoms with Crippen LogP contribution in [0.15, 0.2) is 24.3 Å². The second-order valence-corrected chi connectivity index (χ2v) is 1.22. The maximum Gasteiger partial charge on any atom is 0.123 e. The van der Waals surface area contributed by atoms with E-state index in [1.807, 2.05) is 0 Å². The molecule has 0 fully saturated rings. The van der Waals surface area contributed by atoms with Gasteiger partial charge in [-0.05, 0) is 18.2 Å². The Morgan fingerprint density at radius 3 is 1.78 bits per heavy atom. The maximum atomic E-state index is 11.9. The summed E-state index contributed by atoms with van der Waals surface area (Å²) in [5, 5.41) is 0. The molecule has 9 heavy (non-hydrogen) atoms. The molecule has 1 radical (unpaired) electrons. The van der Waals surface area contributed by atoms with E-state index in [0.717, 1.165) is 0 Å². The summed E-state index contributed by atoms with van der Waals surface area (Å²) in [6, 6.07) is 8.49. The molecule has 0 spiro atoms. The molecule has 0 aliphatic carbocycles. The van der Waals surface area contributed by atoms with E-state index < -0.39 is 0 Å². The van der Waals surface area contributed by atoms with E-state index >= 15 is 0 Å². The molecular formula is C6H4FNi2. The minimum absolute atomic E-state index is 0. The van der Waals surface area contributed by atoms with Gasteiger partial charge in [0.1, 0.15) is 5.82 Å². The third kappa shape index (κ3) is 4.63. The molecule has 0 N–H and O–H groups in total. The van der Waals surface area contributed by atoms with Crippen LogP contribution in [0.25, 0.3) is 0 Å². The first-order chi connectivity index (χ1) is 3.39. The minimum atomic E-state index is -0.209. The van der Waals surface area contributed by atoms with Gasteiger partial charge in [0.2, 0.25) is 0 Å². The van der Waals surface area contributed by atoms with E-state index in [1.54, 1.807) is 0 Å². The molecule has 0 unspecified atom stereocenters. The molecule has 0 amide bonds. The summed E-state index contributed by atoms with van der Waals surface area (Å²) < 4.78 is 11.9. The molecule has 1 rings (SSSR count). The molecule has 55 valence electrons. The summed E-state index contributed by atoms with van der Waals surface area (Å²) >= 11 is 0. The molecule has 0 nitrogen and oxygen atoms in total. The van der Waals surface area contributed by atoms with Crippen molar-refractivity contribution in [1.29, 1.82) is 0 Å². The van der Waals surface area contributed by atoms with Crippen molar-refractivity contribution < 1.29 is 37.4 Å². The Morgan fingerprint density at radius 2 is 1.56 bits per heavy atom. The molecule has 0 atom stereocenters. The van der Waals surface area contributed by atoms with Gasteiger partial charge in [-0.25, -0.2) is 4.39 Å². The van der Waals surface area contributed by atoms with Crippen LogP contribution in [-0.2, 0) is 33.0 Å². The van der Waals surface area contributed by atoms with Crippen molar-refractivity contribution in [2.45, 2.75) is 0 Å². The standard InChI is InChI=1S/C6H4F.2Ni/c7-6-4-2-1-3-5-6;;/h2-5H;;. The predicted octanol–water partition coefficient (Wildman–Crippen LogP) is 1.62. The van der Waals surface area contributed by atoms with Gasteiger partial charge < -0.3 is 0 Å². The summed E-state index contributed by atoms with van der Waals surface area (Å²) in [5.74, 6) is -0.209. The van der Waals surface area contributed by atoms with Crippen LogP contribution in [0.3, 0.4) is 0 Å². The Morgan fingerprint density at radius 1 is 1.11 bits per heavy atom. The van der Waals surface area contributed by atoms with E-state index in [9.17, 15) is 4.39 Å². The molecule has 0 aliphatic heterocycles. The number of hydrogen-bond acceptors (Lipinski definition) is 0. The zero-order valence-corrected chi connectivity index (χ0v) is 6.30. The van der Waals surface area contributed by atoms with Crippen LogP contribution in [0.4, 0.5) is 4.39 Å². The zero-order valence-electron chi connectivity index (χ0n) is 4.32. The van der Waals surface area contributed by atoms with Crippen molar-refractivity contribution in [2.24, 2.45) is 0 Å². The smallest absolute Gasteiger partial charge is 0.123 e. The van der Waals surface area contributed by atoms with Crippen molar-refractivity contribution in [3.8, 4) is 0 Å². The number of rotatable bonds is 0. The quantitative estimate of drug-likeness (QED) is 0.574. The molecule has 0 aliphatic rings. The van der Waals surface area contributed by atoms with Gasteiger partial charge in [-0.1, -0.05) is 12.1 Å². The van der Waals surface area contributed by atoms with Gasteiger partial charge in [0.15, 0.2) is 0 Å². The monoisotopic (exact) mass is 211 g/mol. The topological polar surface area (TPSA) is 0 Å². The molecule has 0 bridgehead atoms. The molecule has 1 aromatic rings. The molecule has 3 heteroatoms. The first-order valence-corrected chi connectivity index (χ1v) is 2.01. The molecule has 0 saturated carbocycles.